The van der Waals surface area contributed by atoms with Gasteiger partial charge in [0.05, 0.1) is 10.6 Å². The van der Waals surface area contributed by atoms with Gasteiger partial charge in [-0.1, -0.05) is 11.6 Å². The number of benzene rings is 1. The van der Waals surface area contributed by atoms with Crippen LogP contribution in [0.5, 0.6) is 0 Å². The molecule has 1 heterocycles. The Balaban J connectivity index is 2.39. The number of carbonyl (C=O) groups is 1. The first-order valence-electron chi connectivity index (χ1n) is 6.09. The molecule has 1 saturated heterocycles. The van der Waals surface area contributed by atoms with E-state index in [9.17, 15) is 13.2 Å². The van der Waals surface area contributed by atoms with E-state index in [1.807, 2.05) is 0 Å². The van der Waals surface area contributed by atoms with Crippen LogP contribution in [0.3, 0.4) is 0 Å². The fourth-order valence-corrected chi connectivity index (χ4v) is 4.21. The molecule has 1 unspecified atom stereocenters. The number of carboxylic acids is 1. The fourth-order valence-electron chi connectivity index (χ4n) is 2.18. The Hall–Kier alpha value is -1.15. The molecule has 1 aromatic carbocycles. The molecular formula is C12H15ClN2O4S. The van der Waals surface area contributed by atoms with Gasteiger partial charge in [0.15, 0.2) is 0 Å². The van der Waals surface area contributed by atoms with E-state index in [1.165, 1.54) is 16.4 Å². The Kier molecular flexibility index (Phi) is 4.33. The van der Waals surface area contributed by atoms with E-state index in [0.29, 0.717) is 26.1 Å². The maximum absolute atomic E-state index is 12.5. The fraction of sp³-hybridized carbons (Fsp3) is 0.417. The maximum atomic E-state index is 12.5. The highest BCUT2D eigenvalue weighted by Crippen LogP contribution is 2.29. The second kappa shape index (κ2) is 5.69. The van der Waals surface area contributed by atoms with Crippen molar-refractivity contribution in [1.29, 1.82) is 0 Å². The molecule has 2 rings (SSSR count). The van der Waals surface area contributed by atoms with Crippen LogP contribution in [0.2, 0.25) is 5.02 Å². The highest BCUT2D eigenvalue weighted by atomic mass is 35.5. The van der Waals surface area contributed by atoms with Crippen LogP contribution in [-0.2, 0) is 10.0 Å². The number of halogens is 1. The summed E-state index contributed by atoms with van der Waals surface area (Å²) >= 11 is 5.91. The van der Waals surface area contributed by atoms with E-state index in [2.05, 4.69) is 0 Å². The summed E-state index contributed by atoms with van der Waals surface area (Å²) in [5.41, 5.74) is 5.44. The molecule has 6 nitrogen and oxygen atoms in total. The largest absolute Gasteiger partial charge is 0.478 e. The predicted molar refractivity (Wildman–Crippen MR) is 74.3 cm³/mol. The Morgan fingerprint density at radius 2 is 2.20 bits per heavy atom. The average Bonchev–Trinajstić information content (AvgIpc) is 2.88. The lowest BCUT2D eigenvalue weighted by Gasteiger charge is -2.17. The second-order valence-electron chi connectivity index (χ2n) is 4.70. The number of aromatic carboxylic acids is 1. The molecule has 0 aliphatic carbocycles. The van der Waals surface area contributed by atoms with Crippen molar-refractivity contribution in [1.82, 2.24) is 4.31 Å². The summed E-state index contributed by atoms with van der Waals surface area (Å²) in [4.78, 5) is 10.8. The standard InChI is InChI=1S/C12H15ClN2O4S/c13-10-2-1-9(12(16)17)5-11(10)20(18,19)15-4-3-8(6-14)7-15/h1-2,5,8H,3-4,6-7,14H2,(H,16,17). The first kappa shape index (κ1) is 15.2. The summed E-state index contributed by atoms with van der Waals surface area (Å²) in [6.45, 7) is 1.14. The van der Waals surface area contributed by atoms with Gasteiger partial charge in [-0.3, -0.25) is 0 Å². The molecule has 1 aliphatic rings. The summed E-state index contributed by atoms with van der Waals surface area (Å²) in [5, 5.41) is 8.96. The lowest BCUT2D eigenvalue weighted by Crippen LogP contribution is -2.30. The number of sulfonamides is 1. The molecule has 0 aromatic heterocycles. The van der Waals surface area contributed by atoms with E-state index >= 15 is 0 Å². The van der Waals surface area contributed by atoms with Crippen molar-refractivity contribution in [3.63, 3.8) is 0 Å². The molecule has 0 saturated carbocycles. The highest BCUT2D eigenvalue weighted by Gasteiger charge is 2.33. The molecule has 0 radical (unpaired) electrons. The van der Waals surface area contributed by atoms with Gasteiger partial charge >= 0.3 is 5.97 Å². The molecule has 0 bridgehead atoms. The van der Waals surface area contributed by atoms with Gasteiger partial charge < -0.3 is 10.8 Å². The lowest BCUT2D eigenvalue weighted by molar-refractivity contribution is 0.0696. The molecule has 1 aliphatic heterocycles. The minimum atomic E-state index is -3.79. The van der Waals surface area contributed by atoms with E-state index < -0.39 is 16.0 Å². The van der Waals surface area contributed by atoms with Crippen molar-refractivity contribution in [2.24, 2.45) is 11.7 Å². The predicted octanol–water partition coefficient (Wildman–Crippen LogP) is 1.01. The van der Waals surface area contributed by atoms with Crippen LogP contribution in [-0.4, -0.2) is 43.4 Å². The number of hydrogen-bond donors (Lipinski definition) is 2. The zero-order valence-electron chi connectivity index (χ0n) is 10.6. The molecule has 8 heteroatoms. The van der Waals surface area contributed by atoms with Gasteiger partial charge in [-0.2, -0.15) is 4.31 Å². The van der Waals surface area contributed by atoms with Crippen molar-refractivity contribution >= 4 is 27.6 Å². The van der Waals surface area contributed by atoms with Crippen molar-refractivity contribution in [2.45, 2.75) is 11.3 Å². The van der Waals surface area contributed by atoms with Gasteiger partial charge in [0.2, 0.25) is 10.0 Å². The smallest absolute Gasteiger partial charge is 0.335 e. The molecular weight excluding hydrogens is 304 g/mol. The first-order valence-corrected chi connectivity index (χ1v) is 7.91. The topological polar surface area (TPSA) is 101 Å². The molecule has 20 heavy (non-hydrogen) atoms. The van der Waals surface area contributed by atoms with Gasteiger partial charge in [0.25, 0.3) is 0 Å². The van der Waals surface area contributed by atoms with Crippen LogP contribution in [0.25, 0.3) is 0 Å². The minimum absolute atomic E-state index is 0.0196. The third-order valence-electron chi connectivity index (χ3n) is 3.38. The van der Waals surface area contributed by atoms with E-state index in [1.54, 1.807) is 0 Å². The summed E-state index contributed by atoms with van der Waals surface area (Å²) in [5.74, 6) is -1.06. The van der Waals surface area contributed by atoms with Crippen molar-refractivity contribution in [2.75, 3.05) is 19.6 Å². The first-order chi connectivity index (χ1) is 9.36. The average molecular weight is 319 g/mol. The zero-order valence-corrected chi connectivity index (χ0v) is 12.2. The van der Waals surface area contributed by atoms with Crippen molar-refractivity contribution in [3.05, 3.63) is 28.8 Å². The Labute approximate surface area is 122 Å². The SMILES string of the molecule is NCC1CCN(S(=O)(=O)c2cc(C(=O)O)ccc2Cl)C1. The van der Waals surface area contributed by atoms with Crippen LogP contribution < -0.4 is 5.73 Å². The molecule has 1 atom stereocenters. The monoisotopic (exact) mass is 318 g/mol. The third-order valence-corrected chi connectivity index (χ3v) is 5.72. The van der Waals surface area contributed by atoms with E-state index in [-0.39, 0.29) is 21.4 Å². The highest BCUT2D eigenvalue weighted by molar-refractivity contribution is 7.89. The van der Waals surface area contributed by atoms with Gasteiger partial charge in [-0.15, -0.1) is 0 Å². The number of rotatable bonds is 4. The summed E-state index contributed by atoms with van der Waals surface area (Å²) in [6, 6.07) is 3.65. The van der Waals surface area contributed by atoms with Gasteiger partial charge in [0, 0.05) is 13.1 Å². The van der Waals surface area contributed by atoms with Crippen molar-refractivity contribution < 1.29 is 18.3 Å². The molecule has 110 valence electrons. The molecule has 3 N–H and O–H groups in total. The quantitative estimate of drug-likeness (QED) is 0.862. The van der Waals surface area contributed by atoms with Gasteiger partial charge in [0.1, 0.15) is 4.90 Å². The van der Waals surface area contributed by atoms with E-state index in [0.717, 1.165) is 6.07 Å². The molecule has 1 aromatic rings. The third kappa shape index (κ3) is 2.80. The minimum Gasteiger partial charge on any atom is -0.478 e. The second-order valence-corrected chi connectivity index (χ2v) is 7.02. The maximum Gasteiger partial charge on any atom is 0.335 e. The number of nitrogens with two attached hydrogens (primary N) is 1. The molecule has 1 fully saturated rings. The van der Waals surface area contributed by atoms with Gasteiger partial charge in [-0.05, 0) is 37.1 Å². The number of carboxylic acid groups (broad SMARTS) is 1. The Morgan fingerprint density at radius 1 is 1.50 bits per heavy atom. The van der Waals surface area contributed by atoms with Crippen LogP contribution in [0, 0.1) is 5.92 Å². The normalized spacial score (nSPS) is 20.2. The Bertz CT molecular complexity index is 632. The summed E-state index contributed by atoms with van der Waals surface area (Å²) < 4.78 is 26.3. The summed E-state index contributed by atoms with van der Waals surface area (Å²) in [6.07, 6.45) is 0.700. The zero-order chi connectivity index (χ0) is 14.9. The lowest BCUT2D eigenvalue weighted by atomic mass is 10.1. The van der Waals surface area contributed by atoms with Crippen LogP contribution in [0.4, 0.5) is 0 Å². The Morgan fingerprint density at radius 3 is 2.75 bits per heavy atom. The van der Waals surface area contributed by atoms with Crippen LogP contribution in [0.1, 0.15) is 16.8 Å². The van der Waals surface area contributed by atoms with Crippen LogP contribution >= 0.6 is 11.6 Å². The number of hydrogen-bond acceptors (Lipinski definition) is 4. The molecule has 0 spiro atoms. The van der Waals surface area contributed by atoms with Crippen molar-refractivity contribution in [3.8, 4) is 0 Å². The van der Waals surface area contributed by atoms with E-state index in [4.69, 9.17) is 22.4 Å². The van der Waals surface area contributed by atoms with Gasteiger partial charge in [-0.25, -0.2) is 13.2 Å². The summed E-state index contributed by atoms with van der Waals surface area (Å²) in [7, 11) is -3.79. The van der Waals surface area contributed by atoms with Crippen LogP contribution in [0.15, 0.2) is 23.1 Å². The number of nitrogens with zero attached hydrogens (tertiary/aromatic N) is 1. The molecule has 0 amide bonds.